The molecule has 0 unspecified atom stereocenters. The van der Waals surface area contributed by atoms with Crippen LogP contribution in [0.4, 0.5) is 4.39 Å². The van der Waals surface area contributed by atoms with E-state index < -0.39 is 0 Å². The normalized spacial score (nSPS) is 15.6. The van der Waals surface area contributed by atoms with Gasteiger partial charge in [0, 0.05) is 6.54 Å². The second kappa shape index (κ2) is 9.65. The maximum absolute atomic E-state index is 12.9. The van der Waals surface area contributed by atoms with E-state index in [1.165, 1.54) is 36.1 Å². The summed E-state index contributed by atoms with van der Waals surface area (Å²) in [4.78, 5) is 14.5. The van der Waals surface area contributed by atoms with Crippen molar-refractivity contribution in [3.8, 4) is 0 Å². The Labute approximate surface area is 161 Å². The summed E-state index contributed by atoms with van der Waals surface area (Å²) in [6.45, 7) is 6.18. The zero-order chi connectivity index (χ0) is 19.1. The lowest BCUT2D eigenvalue weighted by molar-refractivity contribution is -0.120. The predicted molar refractivity (Wildman–Crippen MR) is 107 cm³/mol. The van der Waals surface area contributed by atoms with Crippen LogP contribution in [0.2, 0.25) is 0 Å². The number of halogens is 1. The fourth-order valence-electron chi connectivity index (χ4n) is 3.89. The van der Waals surface area contributed by atoms with E-state index in [9.17, 15) is 9.18 Å². The van der Waals surface area contributed by atoms with Gasteiger partial charge in [0.25, 0.3) is 0 Å². The summed E-state index contributed by atoms with van der Waals surface area (Å²) >= 11 is 0. The van der Waals surface area contributed by atoms with E-state index in [1.807, 2.05) is 0 Å². The minimum Gasteiger partial charge on any atom is -0.356 e. The van der Waals surface area contributed by atoms with Crippen LogP contribution in [0.15, 0.2) is 48.5 Å². The molecular formula is C23H29FN2O. The van der Waals surface area contributed by atoms with Gasteiger partial charge in [0.1, 0.15) is 5.82 Å². The van der Waals surface area contributed by atoms with Crippen molar-refractivity contribution in [1.29, 1.82) is 0 Å². The van der Waals surface area contributed by atoms with Crippen molar-refractivity contribution < 1.29 is 9.18 Å². The van der Waals surface area contributed by atoms with E-state index in [1.54, 1.807) is 12.1 Å². The number of aryl methyl sites for hydroxylation is 1. The van der Waals surface area contributed by atoms with Crippen LogP contribution in [0.1, 0.15) is 41.9 Å². The third-order valence-electron chi connectivity index (χ3n) is 5.47. The average Bonchev–Trinajstić information content (AvgIpc) is 2.68. The Kier molecular flexibility index (Phi) is 6.99. The Morgan fingerprint density at radius 1 is 1.11 bits per heavy atom. The first-order valence-electron chi connectivity index (χ1n) is 9.91. The van der Waals surface area contributed by atoms with Crippen LogP contribution in [0.3, 0.4) is 0 Å². The summed E-state index contributed by atoms with van der Waals surface area (Å²) < 4.78 is 12.9. The van der Waals surface area contributed by atoms with Crippen molar-refractivity contribution in [2.24, 2.45) is 0 Å². The first-order chi connectivity index (χ1) is 13.1. The molecule has 0 spiro atoms. The number of amides is 1. The molecule has 0 bridgehead atoms. The molecule has 0 aliphatic carbocycles. The number of hydrogen-bond donors (Lipinski definition) is 1. The van der Waals surface area contributed by atoms with E-state index in [4.69, 9.17) is 0 Å². The van der Waals surface area contributed by atoms with Crippen molar-refractivity contribution in [2.45, 2.75) is 38.5 Å². The monoisotopic (exact) mass is 368 g/mol. The van der Waals surface area contributed by atoms with Gasteiger partial charge >= 0.3 is 0 Å². The van der Waals surface area contributed by atoms with Crippen LogP contribution in [0, 0.1) is 12.7 Å². The lowest BCUT2D eigenvalue weighted by Gasteiger charge is -2.32. The number of piperidine rings is 1. The zero-order valence-electron chi connectivity index (χ0n) is 16.1. The van der Waals surface area contributed by atoms with Crippen molar-refractivity contribution in [3.63, 3.8) is 0 Å². The SMILES string of the molecule is Cc1ccccc1C1CCN(CCCNC(=O)Cc2ccc(F)cc2)CC1. The highest BCUT2D eigenvalue weighted by atomic mass is 19.1. The fraction of sp³-hybridized carbons (Fsp3) is 0.435. The number of carbonyl (C=O) groups excluding carboxylic acids is 1. The van der Waals surface area contributed by atoms with Crippen molar-refractivity contribution >= 4 is 5.91 Å². The number of likely N-dealkylation sites (tertiary alicyclic amines) is 1. The molecule has 27 heavy (non-hydrogen) atoms. The first-order valence-corrected chi connectivity index (χ1v) is 9.91. The van der Waals surface area contributed by atoms with Gasteiger partial charge in [-0.1, -0.05) is 36.4 Å². The molecule has 3 nitrogen and oxygen atoms in total. The third-order valence-corrected chi connectivity index (χ3v) is 5.47. The molecule has 0 aromatic heterocycles. The lowest BCUT2D eigenvalue weighted by atomic mass is 9.87. The average molecular weight is 368 g/mol. The summed E-state index contributed by atoms with van der Waals surface area (Å²) in [5.74, 6) is 0.406. The summed E-state index contributed by atoms with van der Waals surface area (Å²) in [5.41, 5.74) is 3.75. The first kappa shape index (κ1) is 19.6. The Bertz CT molecular complexity index is 736. The quantitative estimate of drug-likeness (QED) is 0.748. The van der Waals surface area contributed by atoms with Gasteiger partial charge in [-0.15, -0.1) is 0 Å². The number of benzene rings is 2. The largest absolute Gasteiger partial charge is 0.356 e. The van der Waals surface area contributed by atoms with Crippen LogP contribution < -0.4 is 5.32 Å². The maximum Gasteiger partial charge on any atom is 0.224 e. The van der Waals surface area contributed by atoms with Crippen LogP contribution in [0.25, 0.3) is 0 Å². The van der Waals surface area contributed by atoms with E-state index in [0.29, 0.717) is 18.9 Å². The van der Waals surface area contributed by atoms with Crippen LogP contribution >= 0.6 is 0 Å². The summed E-state index contributed by atoms with van der Waals surface area (Å²) in [6.07, 6.45) is 3.69. The molecule has 144 valence electrons. The topological polar surface area (TPSA) is 32.3 Å². The Morgan fingerprint density at radius 2 is 1.81 bits per heavy atom. The smallest absolute Gasteiger partial charge is 0.224 e. The van der Waals surface area contributed by atoms with Gasteiger partial charge in [-0.2, -0.15) is 0 Å². The van der Waals surface area contributed by atoms with Gasteiger partial charge in [0.05, 0.1) is 6.42 Å². The van der Waals surface area contributed by atoms with Gasteiger partial charge < -0.3 is 10.2 Å². The maximum atomic E-state index is 12.9. The van der Waals surface area contributed by atoms with Gasteiger partial charge in [0.15, 0.2) is 0 Å². The molecule has 4 heteroatoms. The molecule has 2 aromatic carbocycles. The molecule has 1 heterocycles. The minimum absolute atomic E-state index is 0.000121. The van der Waals surface area contributed by atoms with Crippen LogP contribution in [-0.4, -0.2) is 37.0 Å². The van der Waals surface area contributed by atoms with Gasteiger partial charge in [-0.25, -0.2) is 4.39 Å². The molecule has 1 aliphatic rings. The number of carbonyl (C=O) groups is 1. The number of nitrogens with one attached hydrogen (secondary N) is 1. The number of hydrogen-bond acceptors (Lipinski definition) is 2. The lowest BCUT2D eigenvalue weighted by Crippen LogP contribution is -2.35. The number of nitrogens with zero attached hydrogens (tertiary/aromatic N) is 1. The Morgan fingerprint density at radius 3 is 2.52 bits per heavy atom. The molecule has 1 fully saturated rings. The molecule has 0 atom stereocenters. The Balaban J connectivity index is 1.32. The highest BCUT2D eigenvalue weighted by Crippen LogP contribution is 2.29. The summed E-state index contributed by atoms with van der Waals surface area (Å²) in [7, 11) is 0. The molecule has 3 rings (SSSR count). The zero-order valence-corrected chi connectivity index (χ0v) is 16.1. The van der Waals surface area contributed by atoms with E-state index in [2.05, 4.69) is 41.4 Å². The van der Waals surface area contributed by atoms with Crippen LogP contribution in [0.5, 0.6) is 0 Å². The highest BCUT2D eigenvalue weighted by molar-refractivity contribution is 5.78. The molecule has 1 aliphatic heterocycles. The molecule has 0 saturated carbocycles. The van der Waals surface area contributed by atoms with Gasteiger partial charge in [-0.3, -0.25) is 4.79 Å². The highest BCUT2D eigenvalue weighted by Gasteiger charge is 2.21. The molecular weight excluding hydrogens is 339 g/mol. The fourth-order valence-corrected chi connectivity index (χ4v) is 3.89. The number of rotatable bonds is 7. The van der Waals surface area contributed by atoms with Crippen molar-refractivity contribution in [2.75, 3.05) is 26.2 Å². The van der Waals surface area contributed by atoms with Crippen molar-refractivity contribution in [3.05, 3.63) is 71.0 Å². The van der Waals surface area contributed by atoms with E-state index >= 15 is 0 Å². The summed E-state index contributed by atoms with van der Waals surface area (Å²) in [6, 6.07) is 14.8. The Hall–Kier alpha value is -2.20. The minimum atomic E-state index is -0.273. The molecule has 0 radical (unpaired) electrons. The molecule has 1 N–H and O–H groups in total. The third kappa shape index (κ3) is 5.90. The molecule has 1 amide bonds. The molecule has 1 saturated heterocycles. The second-order valence-electron chi connectivity index (χ2n) is 7.48. The second-order valence-corrected chi connectivity index (χ2v) is 7.48. The van der Waals surface area contributed by atoms with Gasteiger partial charge in [0.2, 0.25) is 5.91 Å². The van der Waals surface area contributed by atoms with Crippen molar-refractivity contribution in [1.82, 2.24) is 10.2 Å². The van der Waals surface area contributed by atoms with E-state index in [0.717, 1.165) is 31.6 Å². The van der Waals surface area contributed by atoms with E-state index in [-0.39, 0.29) is 11.7 Å². The predicted octanol–water partition coefficient (Wildman–Crippen LogP) is 4.06. The standard InChI is InChI=1S/C23H29FN2O/c1-18-5-2-3-6-22(18)20-11-15-26(16-12-20)14-4-13-25-23(27)17-19-7-9-21(24)10-8-19/h2-3,5-10,20H,4,11-17H2,1H3,(H,25,27). The van der Waals surface area contributed by atoms with Crippen LogP contribution in [-0.2, 0) is 11.2 Å². The molecule has 2 aromatic rings. The van der Waals surface area contributed by atoms with Gasteiger partial charge in [-0.05, 0) is 80.6 Å². The summed E-state index contributed by atoms with van der Waals surface area (Å²) in [5, 5.41) is 2.97.